The zero-order valence-corrected chi connectivity index (χ0v) is 12.8. The Kier molecular flexibility index (Phi) is 4.91. The molecule has 0 aliphatic carbocycles. The maximum atomic E-state index is 4.40. The van der Waals surface area contributed by atoms with Crippen molar-refractivity contribution < 1.29 is 0 Å². The number of rotatable bonds is 5. The van der Waals surface area contributed by atoms with Gasteiger partial charge in [0, 0.05) is 18.3 Å². The van der Waals surface area contributed by atoms with Crippen LogP contribution in [0.5, 0.6) is 0 Å². The van der Waals surface area contributed by atoms with Crippen LogP contribution in [0, 0.1) is 0 Å². The van der Waals surface area contributed by atoms with Gasteiger partial charge in [-0.1, -0.05) is 44.2 Å². The van der Waals surface area contributed by atoms with Gasteiger partial charge in [-0.25, -0.2) is 0 Å². The number of hydrogen-bond acceptors (Lipinski definition) is 2. The zero-order chi connectivity index (χ0) is 14.5. The molecule has 0 saturated heterocycles. The molecular weight excluding hydrogens is 244 g/mol. The van der Waals surface area contributed by atoms with E-state index in [-0.39, 0.29) is 6.04 Å². The van der Waals surface area contributed by atoms with E-state index in [1.807, 2.05) is 18.3 Å². The quantitative estimate of drug-likeness (QED) is 0.856. The molecule has 0 saturated carbocycles. The molecule has 2 rings (SSSR count). The summed E-state index contributed by atoms with van der Waals surface area (Å²) in [5, 5.41) is 3.60. The third kappa shape index (κ3) is 3.67. The largest absolute Gasteiger partial charge is 0.302 e. The van der Waals surface area contributed by atoms with Gasteiger partial charge < -0.3 is 5.32 Å². The Labute approximate surface area is 122 Å². The Bertz CT molecular complexity index is 517. The van der Waals surface area contributed by atoms with Gasteiger partial charge in [-0.15, -0.1) is 0 Å². The molecule has 0 bridgehead atoms. The Morgan fingerprint density at radius 1 is 0.800 bits per heavy atom. The highest BCUT2D eigenvalue weighted by atomic mass is 15.0. The molecule has 1 aromatic carbocycles. The molecule has 106 valence electrons. The molecule has 0 aliphatic rings. The van der Waals surface area contributed by atoms with Crippen LogP contribution in [0.25, 0.3) is 0 Å². The normalized spacial score (nSPS) is 14.2. The first kappa shape index (κ1) is 14.7. The van der Waals surface area contributed by atoms with Crippen molar-refractivity contribution in [3.8, 4) is 0 Å². The summed E-state index contributed by atoms with van der Waals surface area (Å²) in [6, 6.07) is 15.5. The maximum Gasteiger partial charge on any atom is 0.0570 e. The smallest absolute Gasteiger partial charge is 0.0570 e. The third-order valence-corrected chi connectivity index (χ3v) is 3.73. The minimum absolute atomic E-state index is 0.246. The zero-order valence-electron chi connectivity index (χ0n) is 12.8. The van der Waals surface area contributed by atoms with E-state index in [4.69, 9.17) is 0 Å². The van der Waals surface area contributed by atoms with Gasteiger partial charge in [-0.3, -0.25) is 4.98 Å². The molecule has 2 aromatic rings. The second kappa shape index (κ2) is 6.67. The minimum atomic E-state index is 0.246. The van der Waals surface area contributed by atoms with Crippen molar-refractivity contribution in [2.75, 3.05) is 0 Å². The number of nitrogens with zero attached hydrogens (tertiary/aromatic N) is 1. The van der Waals surface area contributed by atoms with Crippen molar-refractivity contribution in [3.05, 3.63) is 65.5 Å². The standard InChI is InChI=1S/C18H24N2/c1-13(2)16-8-10-17(11-9-16)14(3)20-15(4)18-7-5-6-12-19-18/h5-15,20H,1-4H3. The summed E-state index contributed by atoms with van der Waals surface area (Å²) >= 11 is 0. The van der Waals surface area contributed by atoms with Gasteiger partial charge >= 0.3 is 0 Å². The summed E-state index contributed by atoms with van der Waals surface area (Å²) in [5.74, 6) is 0.583. The summed E-state index contributed by atoms with van der Waals surface area (Å²) in [5.41, 5.74) is 3.79. The van der Waals surface area contributed by atoms with Gasteiger partial charge in [0.15, 0.2) is 0 Å². The average molecular weight is 268 g/mol. The fraction of sp³-hybridized carbons (Fsp3) is 0.389. The lowest BCUT2D eigenvalue weighted by Crippen LogP contribution is -2.23. The van der Waals surface area contributed by atoms with Crippen LogP contribution in [0.15, 0.2) is 48.7 Å². The molecule has 0 amide bonds. The number of benzene rings is 1. The highest BCUT2D eigenvalue weighted by Gasteiger charge is 2.12. The predicted octanol–water partition coefficient (Wildman–Crippen LogP) is 4.62. The van der Waals surface area contributed by atoms with Gasteiger partial charge in [-0.2, -0.15) is 0 Å². The summed E-state index contributed by atoms with van der Waals surface area (Å²) in [6.45, 7) is 8.80. The second-order valence-electron chi connectivity index (χ2n) is 5.69. The Morgan fingerprint density at radius 2 is 1.45 bits per heavy atom. The van der Waals surface area contributed by atoms with Crippen molar-refractivity contribution in [1.29, 1.82) is 0 Å². The molecule has 0 aliphatic heterocycles. The highest BCUT2D eigenvalue weighted by molar-refractivity contribution is 5.26. The van der Waals surface area contributed by atoms with E-state index < -0.39 is 0 Å². The fourth-order valence-electron chi connectivity index (χ4n) is 2.36. The van der Waals surface area contributed by atoms with Gasteiger partial charge in [0.25, 0.3) is 0 Å². The molecular formula is C18H24N2. The van der Waals surface area contributed by atoms with Crippen LogP contribution in [0.3, 0.4) is 0 Å². The molecule has 0 fully saturated rings. The van der Waals surface area contributed by atoms with Crippen LogP contribution in [0.4, 0.5) is 0 Å². The number of pyridine rings is 1. The van der Waals surface area contributed by atoms with Crippen molar-refractivity contribution in [3.63, 3.8) is 0 Å². The minimum Gasteiger partial charge on any atom is -0.302 e. The fourth-order valence-corrected chi connectivity index (χ4v) is 2.36. The lowest BCUT2D eigenvalue weighted by molar-refractivity contribution is 0.486. The average Bonchev–Trinajstić information content (AvgIpc) is 2.48. The monoisotopic (exact) mass is 268 g/mol. The summed E-state index contributed by atoms with van der Waals surface area (Å²) in [7, 11) is 0. The first-order chi connectivity index (χ1) is 9.58. The van der Waals surface area contributed by atoms with E-state index >= 15 is 0 Å². The van der Waals surface area contributed by atoms with E-state index in [9.17, 15) is 0 Å². The van der Waals surface area contributed by atoms with Crippen molar-refractivity contribution in [2.24, 2.45) is 0 Å². The van der Waals surface area contributed by atoms with Gasteiger partial charge in [0.05, 0.1) is 5.69 Å². The second-order valence-corrected chi connectivity index (χ2v) is 5.69. The number of nitrogens with one attached hydrogen (secondary N) is 1. The number of aromatic nitrogens is 1. The highest BCUT2D eigenvalue weighted by Crippen LogP contribution is 2.21. The Balaban J connectivity index is 2.02. The van der Waals surface area contributed by atoms with Crippen molar-refractivity contribution in [2.45, 2.75) is 45.7 Å². The van der Waals surface area contributed by atoms with Crippen LogP contribution in [-0.2, 0) is 0 Å². The molecule has 2 heteroatoms. The molecule has 2 unspecified atom stereocenters. The summed E-state index contributed by atoms with van der Waals surface area (Å²) in [6.07, 6.45) is 1.84. The van der Waals surface area contributed by atoms with Crippen molar-refractivity contribution in [1.82, 2.24) is 10.3 Å². The topological polar surface area (TPSA) is 24.9 Å². The first-order valence-corrected chi connectivity index (χ1v) is 7.34. The molecule has 0 radical (unpaired) electrons. The number of hydrogen-bond donors (Lipinski definition) is 1. The van der Waals surface area contributed by atoms with Crippen molar-refractivity contribution >= 4 is 0 Å². The molecule has 1 heterocycles. The van der Waals surface area contributed by atoms with Crippen LogP contribution in [0.2, 0.25) is 0 Å². The Hall–Kier alpha value is -1.67. The molecule has 1 N–H and O–H groups in total. The summed E-state index contributed by atoms with van der Waals surface area (Å²) in [4.78, 5) is 4.40. The van der Waals surface area contributed by atoms with Crippen LogP contribution < -0.4 is 5.32 Å². The van der Waals surface area contributed by atoms with Crippen LogP contribution in [0.1, 0.15) is 62.5 Å². The molecule has 2 atom stereocenters. The third-order valence-electron chi connectivity index (χ3n) is 3.73. The van der Waals surface area contributed by atoms with E-state index in [0.29, 0.717) is 12.0 Å². The van der Waals surface area contributed by atoms with E-state index in [1.165, 1.54) is 11.1 Å². The lowest BCUT2D eigenvalue weighted by Gasteiger charge is -2.20. The van der Waals surface area contributed by atoms with Crippen LogP contribution in [-0.4, -0.2) is 4.98 Å². The molecule has 20 heavy (non-hydrogen) atoms. The van der Waals surface area contributed by atoms with Gasteiger partial charge in [0.2, 0.25) is 0 Å². The van der Waals surface area contributed by atoms with E-state index in [2.05, 4.69) is 68.3 Å². The molecule has 0 spiro atoms. The van der Waals surface area contributed by atoms with E-state index in [1.54, 1.807) is 0 Å². The van der Waals surface area contributed by atoms with Gasteiger partial charge in [-0.05, 0) is 43.0 Å². The van der Waals surface area contributed by atoms with E-state index in [0.717, 1.165) is 5.69 Å². The Morgan fingerprint density at radius 3 is 2.00 bits per heavy atom. The molecule has 1 aromatic heterocycles. The lowest BCUT2D eigenvalue weighted by atomic mass is 9.99. The SMILES string of the molecule is CC(C)c1ccc(C(C)NC(C)c2ccccn2)cc1. The van der Waals surface area contributed by atoms with Crippen LogP contribution >= 0.6 is 0 Å². The predicted molar refractivity (Wildman–Crippen MR) is 84.7 cm³/mol. The first-order valence-electron chi connectivity index (χ1n) is 7.34. The summed E-state index contributed by atoms with van der Waals surface area (Å²) < 4.78 is 0. The van der Waals surface area contributed by atoms with Gasteiger partial charge in [0.1, 0.15) is 0 Å². The molecule has 2 nitrogen and oxygen atoms in total. The maximum absolute atomic E-state index is 4.40.